The van der Waals surface area contributed by atoms with E-state index in [0.29, 0.717) is 11.6 Å². The first-order chi connectivity index (χ1) is 7.50. The molecule has 16 heavy (non-hydrogen) atoms. The van der Waals surface area contributed by atoms with Gasteiger partial charge in [-0.2, -0.15) is 0 Å². The van der Waals surface area contributed by atoms with Gasteiger partial charge in [0.15, 0.2) is 0 Å². The molecule has 1 rings (SSSR count). The highest BCUT2D eigenvalue weighted by atomic mass is 35.5. The summed E-state index contributed by atoms with van der Waals surface area (Å²) in [5.41, 5.74) is 1.62. The summed E-state index contributed by atoms with van der Waals surface area (Å²) in [4.78, 5) is 0. The number of benzene rings is 1. The van der Waals surface area contributed by atoms with E-state index in [9.17, 15) is 4.39 Å². The average molecular weight is 242 g/mol. The van der Waals surface area contributed by atoms with Gasteiger partial charge in [0, 0.05) is 18.2 Å². The average Bonchev–Trinajstić information content (AvgIpc) is 2.22. The maximum atomic E-state index is 13.6. The van der Waals surface area contributed by atoms with E-state index in [1.807, 2.05) is 13.0 Å². The molecule has 0 aliphatic heterocycles. The molecule has 0 saturated carbocycles. The van der Waals surface area contributed by atoms with Crippen LogP contribution >= 0.6 is 11.6 Å². The molecular weight excluding hydrogens is 225 g/mol. The summed E-state index contributed by atoms with van der Waals surface area (Å²) in [6.07, 6.45) is 1.82. The maximum absolute atomic E-state index is 13.6. The van der Waals surface area contributed by atoms with Crippen molar-refractivity contribution in [2.24, 2.45) is 0 Å². The molecule has 0 aromatic heterocycles. The van der Waals surface area contributed by atoms with Gasteiger partial charge in [-0.05, 0) is 13.0 Å². The van der Waals surface area contributed by atoms with Crippen LogP contribution in [-0.2, 0) is 0 Å². The van der Waals surface area contributed by atoms with Gasteiger partial charge in [-0.3, -0.25) is 0 Å². The second kappa shape index (κ2) is 6.02. The Morgan fingerprint density at radius 3 is 2.81 bits per heavy atom. The topological polar surface area (TPSA) is 12.0 Å². The zero-order chi connectivity index (χ0) is 12.1. The Balaban J connectivity index is 2.78. The van der Waals surface area contributed by atoms with E-state index in [4.69, 9.17) is 11.6 Å². The van der Waals surface area contributed by atoms with Crippen molar-refractivity contribution in [3.63, 3.8) is 0 Å². The fourth-order valence-corrected chi connectivity index (χ4v) is 1.50. The third-order valence-electron chi connectivity index (χ3n) is 2.17. The van der Waals surface area contributed by atoms with Crippen LogP contribution in [0.1, 0.15) is 26.3 Å². The summed E-state index contributed by atoms with van der Waals surface area (Å²) in [5.74, 6) is -0.354. The predicted molar refractivity (Wildman–Crippen MR) is 68.2 cm³/mol. The van der Waals surface area contributed by atoms with Crippen molar-refractivity contribution in [2.45, 2.75) is 26.8 Å². The molecule has 1 N–H and O–H groups in total. The Labute approximate surface area is 101 Å². The van der Waals surface area contributed by atoms with Crippen LogP contribution in [0.2, 0.25) is 5.02 Å². The second-order valence-electron chi connectivity index (χ2n) is 4.17. The minimum Gasteiger partial charge on any atom is -0.311 e. The Morgan fingerprint density at radius 2 is 2.19 bits per heavy atom. The molecule has 3 heteroatoms. The summed E-state index contributed by atoms with van der Waals surface area (Å²) in [7, 11) is 0. The molecule has 0 bridgehead atoms. The Bertz CT molecular complexity index is 386. The van der Waals surface area contributed by atoms with E-state index in [1.54, 1.807) is 18.2 Å². The fraction of sp³-hybridized carbons (Fsp3) is 0.385. The number of halogens is 2. The quantitative estimate of drug-likeness (QED) is 0.844. The molecule has 0 spiro atoms. The van der Waals surface area contributed by atoms with Gasteiger partial charge in [0.05, 0.1) is 5.02 Å². The van der Waals surface area contributed by atoms with Crippen molar-refractivity contribution in [3.8, 4) is 0 Å². The lowest BCUT2D eigenvalue weighted by atomic mass is 10.1. The lowest BCUT2D eigenvalue weighted by Gasteiger charge is -2.08. The van der Waals surface area contributed by atoms with E-state index in [1.165, 1.54) is 0 Å². The van der Waals surface area contributed by atoms with Crippen molar-refractivity contribution in [1.82, 2.24) is 5.32 Å². The second-order valence-corrected chi connectivity index (χ2v) is 4.58. The van der Waals surface area contributed by atoms with Gasteiger partial charge in [0.25, 0.3) is 0 Å². The molecule has 0 atom stereocenters. The van der Waals surface area contributed by atoms with Gasteiger partial charge in [0.2, 0.25) is 0 Å². The predicted octanol–water partition coefficient (Wildman–Crippen LogP) is 3.88. The maximum Gasteiger partial charge on any atom is 0.148 e. The molecule has 1 aromatic rings. The lowest BCUT2D eigenvalue weighted by molar-refractivity contribution is 0.619. The van der Waals surface area contributed by atoms with Gasteiger partial charge in [0.1, 0.15) is 5.82 Å². The number of hydrogen-bond acceptors (Lipinski definition) is 1. The number of rotatable bonds is 4. The van der Waals surface area contributed by atoms with Crippen molar-refractivity contribution < 1.29 is 4.39 Å². The summed E-state index contributed by atoms with van der Waals surface area (Å²) in [6, 6.07) is 5.45. The summed E-state index contributed by atoms with van der Waals surface area (Å²) in [6.45, 7) is 6.87. The first-order valence-corrected chi connectivity index (χ1v) is 5.73. The SMILES string of the molecule is C/C(=C\c1cccc(Cl)c1F)CNC(C)C. The van der Waals surface area contributed by atoms with Crippen LogP contribution in [0.5, 0.6) is 0 Å². The molecule has 0 aliphatic rings. The van der Waals surface area contributed by atoms with Crippen molar-refractivity contribution in [1.29, 1.82) is 0 Å². The molecule has 0 radical (unpaired) electrons. The minimum atomic E-state index is -0.354. The first-order valence-electron chi connectivity index (χ1n) is 5.35. The Morgan fingerprint density at radius 1 is 1.50 bits per heavy atom. The van der Waals surface area contributed by atoms with Gasteiger partial charge >= 0.3 is 0 Å². The van der Waals surface area contributed by atoms with Crippen LogP contribution in [0.25, 0.3) is 6.08 Å². The first kappa shape index (κ1) is 13.2. The largest absolute Gasteiger partial charge is 0.311 e. The van der Waals surface area contributed by atoms with Gasteiger partial charge in [-0.25, -0.2) is 4.39 Å². The Kier molecular flexibility index (Phi) is 4.97. The normalized spacial score (nSPS) is 12.2. The smallest absolute Gasteiger partial charge is 0.148 e. The lowest BCUT2D eigenvalue weighted by Crippen LogP contribution is -2.24. The van der Waals surface area contributed by atoms with Crippen LogP contribution in [0, 0.1) is 5.82 Å². The highest BCUT2D eigenvalue weighted by molar-refractivity contribution is 6.30. The zero-order valence-corrected chi connectivity index (χ0v) is 10.6. The molecule has 0 aliphatic carbocycles. The van der Waals surface area contributed by atoms with Crippen molar-refractivity contribution >= 4 is 17.7 Å². The van der Waals surface area contributed by atoms with Gasteiger partial charge in [-0.15, -0.1) is 0 Å². The third-order valence-corrected chi connectivity index (χ3v) is 2.46. The van der Waals surface area contributed by atoms with Crippen molar-refractivity contribution in [2.75, 3.05) is 6.54 Å². The summed E-state index contributed by atoms with van der Waals surface area (Å²) >= 11 is 5.70. The van der Waals surface area contributed by atoms with Crippen LogP contribution in [0.15, 0.2) is 23.8 Å². The van der Waals surface area contributed by atoms with E-state index < -0.39 is 0 Å². The van der Waals surface area contributed by atoms with E-state index >= 15 is 0 Å². The molecular formula is C13H17ClFN. The van der Waals surface area contributed by atoms with Crippen molar-refractivity contribution in [3.05, 3.63) is 40.2 Å². The molecule has 0 saturated heterocycles. The Hall–Kier alpha value is -0.860. The van der Waals surface area contributed by atoms with E-state index in [2.05, 4.69) is 19.2 Å². The third kappa shape index (κ3) is 3.95. The molecule has 0 heterocycles. The number of hydrogen-bond donors (Lipinski definition) is 1. The molecule has 0 unspecified atom stereocenters. The number of nitrogens with one attached hydrogen (secondary N) is 1. The standard InChI is InChI=1S/C13H17ClFN/c1-9(2)16-8-10(3)7-11-5-4-6-12(14)13(11)15/h4-7,9,16H,8H2,1-3H3/b10-7+. The van der Waals surface area contributed by atoms with E-state index in [-0.39, 0.29) is 10.8 Å². The molecule has 0 fully saturated rings. The van der Waals surface area contributed by atoms with Gasteiger partial charge < -0.3 is 5.32 Å². The molecule has 1 aromatic carbocycles. The monoisotopic (exact) mass is 241 g/mol. The molecule has 1 nitrogen and oxygen atoms in total. The van der Waals surface area contributed by atoms with Crippen LogP contribution in [0.4, 0.5) is 4.39 Å². The summed E-state index contributed by atoms with van der Waals surface area (Å²) < 4.78 is 13.6. The fourth-order valence-electron chi connectivity index (χ4n) is 1.31. The minimum absolute atomic E-state index is 0.165. The molecule has 88 valence electrons. The zero-order valence-electron chi connectivity index (χ0n) is 9.85. The van der Waals surface area contributed by atoms with Crippen LogP contribution in [-0.4, -0.2) is 12.6 Å². The highest BCUT2D eigenvalue weighted by Gasteiger charge is 2.03. The van der Waals surface area contributed by atoms with Crippen LogP contribution < -0.4 is 5.32 Å². The summed E-state index contributed by atoms with van der Waals surface area (Å²) in [5, 5.41) is 3.44. The van der Waals surface area contributed by atoms with Gasteiger partial charge in [-0.1, -0.05) is 49.2 Å². The molecule has 0 amide bonds. The van der Waals surface area contributed by atoms with Crippen LogP contribution in [0.3, 0.4) is 0 Å². The highest BCUT2D eigenvalue weighted by Crippen LogP contribution is 2.19. The van der Waals surface area contributed by atoms with E-state index in [0.717, 1.165) is 12.1 Å².